The Hall–Kier alpha value is -8.72. The highest BCUT2D eigenvalue weighted by atomic mass is 32.2. The minimum Gasteiger partial charge on any atom is -0.480 e. The number of benzene rings is 3. The van der Waals surface area contributed by atoms with Crippen LogP contribution in [0.15, 0.2) is 118 Å². The second kappa shape index (κ2) is 32.9. The number of nitrogens with zero attached hydrogens (tertiary/aromatic N) is 7. The van der Waals surface area contributed by atoms with E-state index in [4.69, 9.17) is 37.6 Å². The second-order valence-electron chi connectivity index (χ2n) is 22.5. The number of anilines is 1. The van der Waals surface area contributed by atoms with Crippen molar-refractivity contribution in [2.75, 3.05) is 104 Å². The third-order valence-electron chi connectivity index (χ3n) is 14.7. The summed E-state index contributed by atoms with van der Waals surface area (Å²) in [5.41, 5.74) is 6.37. The fourth-order valence-corrected chi connectivity index (χ4v) is 11.9. The fraction of sp³-hybridized carbons (Fsp3) is 0.391. The quantitative estimate of drug-likeness (QED) is 0.0277. The lowest BCUT2D eigenvalue weighted by Crippen LogP contribution is -2.58. The minimum absolute atomic E-state index is 0.0400. The molecule has 0 unspecified atom stereocenters. The van der Waals surface area contributed by atoms with E-state index in [-0.39, 0.29) is 94.6 Å². The predicted molar refractivity (Wildman–Crippen MR) is 340 cm³/mol. The first kappa shape index (κ1) is 69.6. The van der Waals surface area contributed by atoms with Gasteiger partial charge in [-0.2, -0.15) is 0 Å². The van der Waals surface area contributed by atoms with Crippen LogP contribution in [-0.4, -0.2) is 189 Å². The Bertz CT molecular complexity index is 4000. The standard InChI is InChI=1S/C64H73F2N11O15S2/c1-40-56(93-39-71-40)42-12-10-41(11-13-42)33-69-59(81)51-32-46(78)37-77(51)63(82)57(64(2,3)4)72-55(79)38-91-29-28-90-27-26-89-25-24-88-23-22-87-21-20-86-19-18-67-58(80)47-8-6-7-9-48(47)60-73-74-62(92-60)52-35-68-54-17-14-43(36-76(52)54)44-30-50(61(85-5)70-34-44)75-94(83,84)53-16-15-45(65)31-49(53)66/h6-17,30-31,34-36,39,46,51,57,75,78H,18-29,32-33,37-38H2,1-5H3,(H,67,80)(H,69,81)(H,72,79)/t46-,51+,57+/m0/s1. The average molecular weight is 1340 g/mol. The maximum absolute atomic E-state index is 14.5. The van der Waals surface area contributed by atoms with Crippen molar-refractivity contribution in [3.8, 4) is 50.5 Å². The molecular formula is C64H73F2N11O15S2. The van der Waals surface area contributed by atoms with Crippen molar-refractivity contribution in [2.24, 2.45) is 5.41 Å². The number of sulfonamides is 1. The molecule has 0 aliphatic carbocycles. The van der Waals surface area contributed by atoms with Gasteiger partial charge in [-0.3, -0.25) is 28.3 Å². The Balaban J connectivity index is 0.603. The number of fused-ring (bicyclic) bond motifs is 1. The molecule has 5 aromatic heterocycles. The van der Waals surface area contributed by atoms with Crippen molar-refractivity contribution in [3.63, 3.8) is 0 Å². The molecule has 0 radical (unpaired) electrons. The highest BCUT2D eigenvalue weighted by Gasteiger charge is 2.44. The van der Waals surface area contributed by atoms with Crippen LogP contribution in [0.4, 0.5) is 14.5 Å². The molecule has 9 rings (SSSR count). The van der Waals surface area contributed by atoms with E-state index in [1.54, 1.807) is 63.8 Å². The molecule has 8 aromatic rings. The number of methoxy groups -OCH3 is 1. The highest BCUT2D eigenvalue weighted by molar-refractivity contribution is 7.92. The number of rotatable bonds is 34. The number of ether oxygens (including phenoxy) is 7. The first-order valence-corrected chi connectivity index (χ1v) is 32.4. The Labute approximate surface area is 544 Å². The third-order valence-corrected chi connectivity index (χ3v) is 17.1. The van der Waals surface area contributed by atoms with Gasteiger partial charge in [-0.15, -0.1) is 21.5 Å². The number of amides is 4. The largest absolute Gasteiger partial charge is 0.480 e. The SMILES string of the molecule is COc1ncc(-c2ccc3ncc(-c4nnc(-c5ccccc5C(=O)NCCOCCOCCOCCOCCOCCOCC(=O)N[C@H](C(=O)N5C[C@@H](O)C[C@@H]5C(=O)NCc5ccc(-c6scnc6C)cc5)C(C)(C)C)o4)n3c2)cc1NS(=O)(=O)c1ccc(F)cc1F. The lowest BCUT2D eigenvalue weighted by Gasteiger charge is -2.35. The van der Waals surface area contributed by atoms with Crippen molar-refractivity contribution in [1.82, 2.24) is 50.4 Å². The van der Waals surface area contributed by atoms with Crippen LogP contribution in [0.3, 0.4) is 0 Å². The highest BCUT2D eigenvalue weighted by Crippen LogP contribution is 2.34. The number of imidazole rings is 1. The minimum atomic E-state index is -4.53. The molecule has 1 aliphatic rings. The van der Waals surface area contributed by atoms with Crippen molar-refractivity contribution < 1.29 is 79.1 Å². The van der Waals surface area contributed by atoms with Crippen LogP contribution in [-0.2, 0) is 59.4 Å². The van der Waals surface area contributed by atoms with Gasteiger partial charge in [0.1, 0.15) is 52.2 Å². The molecule has 1 fully saturated rings. The molecular weight excluding hydrogens is 1260 g/mol. The fourth-order valence-electron chi connectivity index (χ4n) is 9.93. The van der Waals surface area contributed by atoms with E-state index < -0.39 is 73.8 Å². The first-order chi connectivity index (χ1) is 45.3. The van der Waals surface area contributed by atoms with Gasteiger partial charge >= 0.3 is 0 Å². The molecule has 0 saturated carbocycles. The summed E-state index contributed by atoms with van der Waals surface area (Å²) in [6.07, 6.45) is 3.85. The van der Waals surface area contributed by atoms with Gasteiger partial charge in [0, 0.05) is 55.6 Å². The lowest BCUT2D eigenvalue weighted by molar-refractivity contribution is -0.144. The number of β-amino-alcohol motifs (C(OH)–C–C–N with tert-alkyl or cyclic N) is 1. The van der Waals surface area contributed by atoms with Crippen molar-refractivity contribution in [3.05, 3.63) is 137 Å². The molecule has 3 aromatic carbocycles. The normalized spacial score (nSPS) is 14.5. The average Bonchev–Trinajstić information content (AvgIpc) is 1.36. The molecule has 26 nitrogen and oxygen atoms in total. The molecule has 3 atom stereocenters. The summed E-state index contributed by atoms with van der Waals surface area (Å²) in [6, 6.07) is 19.6. The van der Waals surface area contributed by atoms with E-state index >= 15 is 0 Å². The van der Waals surface area contributed by atoms with Gasteiger partial charge in [-0.05, 0) is 65.9 Å². The monoisotopic (exact) mass is 1340 g/mol. The third kappa shape index (κ3) is 18.6. The van der Waals surface area contributed by atoms with E-state index in [1.807, 2.05) is 52.0 Å². The Morgan fingerprint density at radius 1 is 0.766 bits per heavy atom. The maximum Gasteiger partial charge on any atom is 0.266 e. The summed E-state index contributed by atoms with van der Waals surface area (Å²) in [5, 5.41) is 27.6. The Morgan fingerprint density at radius 3 is 2.09 bits per heavy atom. The lowest BCUT2D eigenvalue weighted by atomic mass is 9.85. The summed E-state index contributed by atoms with van der Waals surface area (Å²) >= 11 is 1.56. The van der Waals surface area contributed by atoms with Crippen LogP contribution in [0.5, 0.6) is 5.88 Å². The molecule has 1 aliphatic heterocycles. The van der Waals surface area contributed by atoms with E-state index in [2.05, 4.69) is 45.8 Å². The maximum atomic E-state index is 14.5. The first-order valence-electron chi connectivity index (χ1n) is 30.0. The van der Waals surface area contributed by atoms with E-state index in [9.17, 15) is 41.5 Å². The van der Waals surface area contributed by atoms with Gasteiger partial charge in [0.2, 0.25) is 29.5 Å². The van der Waals surface area contributed by atoms with Crippen LogP contribution >= 0.6 is 11.3 Å². The number of aliphatic hydroxyl groups excluding tert-OH is 1. The number of hydrogen-bond acceptors (Lipinski definition) is 21. The van der Waals surface area contributed by atoms with E-state index in [0.29, 0.717) is 73.7 Å². The zero-order chi connectivity index (χ0) is 66.8. The summed E-state index contributed by atoms with van der Waals surface area (Å²) < 4.78 is 103. The molecule has 94 heavy (non-hydrogen) atoms. The van der Waals surface area contributed by atoms with Crippen LogP contribution in [0.1, 0.15) is 48.8 Å². The van der Waals surface area contributed by atoms with Crippen LogP contribution < -0.4 is 25.4 Å². The second-order valence-corrected chi connectivity index (χ2v) is 25.0. The van der Waals surface area contributed by atoms with Crippen molar-refractivity contribution in [1.29, 1.82) is 0 Å². The van der Waals surface area contributed by atoms with Gasteiger partial charge in [0.05, 0.1) is 119 Å². The topological polar surface area (TPSA) is 321 Å². The number of hydrogen-bond donors (Lipinski definition) is 5. The van der Waals surface area contributed by atoms with Crippen molar-refractivity contribution >= 4 is 56.3 Å². The molecule has 30 heteroatoms. The summed E-state index contributed by atoms with van der Waals surface area (Å²) in [4.78, 5) is 68.5. The molecule has 4 amide bonds. The number of nitrogens with one attached hydrogen (secondary N) is 4. The number of carbonyl (C=O) groups excluding carboxylic acids is 4. The number of halogens is 2. The summed E-state index contributed by atoms with van der Waals surface area (Å²) in [6.45, 7) is 10.5. The summed E-state index contributed by atoms with van der Waals surface area (Å²) in [7, 11) is -3.25. The Morgan fingerprint density at radius 2 is 1.43 bits per heavy atom. The van der Waals surface area contributed by atoms with E-state index in [0.717, 1.165) is 33.8 Å². The van der Waals surface area contributed by atoms with E-state index in [1.165, 1.54) is 30.5 Å². The number of aromatic nitrogens is 6. The van der Waals surface area contributed by atoms with Gasteiger partial charge in [0.25, 0.3) is 21.8 Å². The zero-order valence-corrected chi connectivity index (χ0v) is 53.9. The molecule has 5 N–H and O–H groups in total. The number of pyridine rings is 2. The van der Waals surface area contributed by atoms with Crippen LogP contribution in [0.2, 0.25) is 0 Å². The van der Waals surface area contributed by atoms with Gasteiger partial charge < -0.3 is 63.5 Å². The van der Waals surface area contributed by atoms with Gasteiger partial charge in [0.15, 0.2) is 0 Å². The number of likely N-dealkylation sites (tertiary alicyclic amines) is 1. The van der Waals surface area contributed by atoms with Crippen LogP contribution in [0, 0.1) is 24.0 Å². The smallest absolute Gasteiger partial charge is 0.266 e. The predicted octanol–water partition coefficient (Wildman–Crippen LogP) is 6.27. The number of thiazole rings is 1. The summed E-state index contributed by atoms with van der Waals surface area (Å²) in [5.74, 6) is -3.93. The zero-order valence-electron chi connectivity index (χ0n) is 52.3. The number of aliphatic hydroxyl groups is 1. The molecule has 0 bridgehead atoms. The molecule has 500 valence electrons. The van der Waals surface area contributed by atoms with Crippen LogP contribution in [0.25, 0.3) is 50.3 Å². The van der Waals surface area contributed by atoms with Crippen molar-refractivity contribution in [2.45, 2.75) is 63.7 Å². The molecule has 0 spiro atoms. The number of carbonyl (C=O) groups is 4. The van der Waals surface area contributed by atoms with Gasteiger partial charge in [-0.25, -0.2) is 32.2 Å². The number of aryl methyl sites for hydroxylation is 1. The molecule has 1 saturated heterocycles. The Kier molecular flexibility index (Phi) is 24.4. The van der Waals surface area contributed by atoms with Gasteiger partial charge in [-0.1, -0.05) is 57.2 Å². The molecule has 6 heterocycles.